The Balaban J connectivity index is 2.65. The van der Waals surface area contributed by atoms with E-state index in [1.807, 2.05) is 0 Å². The molecule has 1 N–H and O–H groups in total. The molecule has 2 heteroatoms. The van der Waals surface area contributed by atoms with E-state index >= 15 is 0 Å². The lowest BCUT2D eigenvalue weighted by Gasteiger charge is -2.36. The Hall–Kier alpha value is 0.390. The van der Waals surface area contributed by atoms with Crippen LogP contribution in [0.3, 0.4) is 0 Å². The lowest BCUT2D eigenvalue weighted by Crippen LogP contribution is -2.33. The number of rotatable bonds is 3. The molecule has 0 aromatic heterocycles. The standard InChI is InChI=1S/C11H24OP/c1-4-13(3,5-2)11-9-7-6-8-10(11)12/h10-12H,4-9H2,1-3H3/q+1. The van der Waals surface area contributed by atoms with Crippen LogP contribution in [0.1, 0.15) is 39.5 Å². The molecule has 0 amide bonds. The van der Waals surface area contributed by atoms with Gasteiger partial charge in [0.1, 0.15) is 0 Å². The SMILES string of the molecule is CC[P+](C)(CC)C1CCCCC1O. The molecule has 1 rings (SSSR count). The molecule has 0 aliphatic heterocycles. The number of hydrogen-bond acceptors (Lipinski definition) is 1. The van der Waals surface area contributed by atoms with Crippen LogP contribution >= 0.6 is 7.26 Å². The maximum absolute atomic E-state index is 9.99. The molecule has 0 aromatic carbocycles. The van der Waals surface area contributed by atoms with Crippen LogP contribution in [-0.2, 0) is 0 Å². The second kappa shape index (κ2) is 4.75. The third-order valence-electron chi connectivity index (χ3n) is 3.94. The molecule has 2 atom stereocenters. The van der Waals surface area contributed by atoms with Gasteiger partial charge in [0.25, 0.3) is 0 Å². The van der Waals surface area contributed by atoms with Crippen molar-refractivity contribution in [3.63, 3.8) is 0 Å². The molecule has 0 bridgehead atoms. The van der Waals surface area contributed by atoms with Gasteiger partial charge < -0.3 is 5.11 Å². The summed E-state index contributed by atoms with van der Waals surface area (Å²) in [5.41, 5.74) is 0.663. The first-order valence-electron chi connectivity index (χ1n) is 5.66. The van der Waals surface area contributed by atoms with Gasteiger partial charge in [0.05, 0.1) is 24.1 Å². The van der Waals surface area contributed by atoms with Crippen molar-refractivity contribution in [1.82, 2.24) is 0 Å². The summed E-state index contributed by atoms with van der Waals surface area (Å²) in [4.78, 5) is 0. The second-order valence-electron chi connectivity index (χ2n) is 4.53. The molecule has 0 radical (unpaired) electrons. The predicted octanol–water partition coefficient (Wildman–Crippen LogP) is 2.98. The third kappa shape index (κ3) is 2.44. The molecule has 1 saturated carbocycles. The van der Waals surface area contributed by atoms with Gasteiger partial charge in [-0.2, -0.15) is 0 Å². The first-order chi connectivity index (χ1) is 6.14. The van der Waals surface area contributed by atoms with Crippen molar-refractivity contribution in [2.45, 2.75) is 51.3 Å². The van der Waals surface area contributed by atoms with E-state index in [1.165, 1.54) is 31.6 Å². The highest BCUT2D eigenvalue weighted by atomic mass is 31.2. The maximum Gasteiger partial charge on any atom is 0.0952 e. The van der Waals surface area contributed by atoms with Crippen molar-refractivity contribution in [3.05, 3.63) is 0 Å². The monoisotopic (exact) mass is 203 g/mol. The normalized spacial score (nSPS) is 30.5. The molecule has 1 aliphatic rings. The van der Waals surface area contributed by atoms with Crippen molar-refractivity contribution >= 4 is 7.26 Å². The molecule has 0 spiro atoms. The highest BCUT2D eigenvalue weighted by Crippen LogP contribution is 2.62. The number of aliphatic hydroxyl groups excluding tert-OH is 1. The van der Waals surface area contributed by atoms with Gasteiger partial charge in [-0.05, 0) is 33.1 Å². The van der Waals surface area contributed by atoms with Crippen LogP contribution in [-0.4, -0.2) is 35.9 Å². The van der Waals surface area contributed by atoms with Crippen LogP contribution < -0.4 is 0 Å². The summed E-state index contributed by atoms with van der Waals surface area (Å²) >= 11 is 0. The second-order valence-corrected chi connectivity index (χ2v) is 9.42. The molecule has 1 aliphatic carbocycles. The van der Waals surface area contributed by atoms with Crippen LogP contribution in [0.5, 0.6) is 0 Å². The summed E-state index contributed by atoms with van der Waals surface area (Å²) in [6, 6.07) is 0. The number of hydrogen-bond donors (Lipinski definition) is 1. The van der Waals surface area contributed by atoms with E-state index in [4.69, 9.17) is 0 Å². The van der Waals surface area contributed by atoms with Gasteiger partial charge in [-0.25, -0.2) is 0 Å². The Labute approximate surface area is 83.3 Å². The summed E-state index contributed by atoms with van der Waals surface area (Å²) in [6.45, 7) is 7.06. The fraction of sp³-hybridized carbons (Fsp3) is 1.00. The van der Waals surface area contributed by atoms with Crippen LogP contribution in [0.2, 0.25) is 0 Å². The molecular formula is C11H24OP+. The Bertz CT molecular complexity index is 154. The van der Waals surface area contributed by atoms with Gasteiger partial charge in [-0.1, -0.05) is 6.42 Å². The summed E-state index contributed by atoms with van der Waals surface area (Å²) < 4.78 is 0. The maximum atomic E-state index is 9.99. The topological polar surface area (TPSA) is 20.2 Å². The Kier molecular flexibility index (Phi) is 4.19. The minimum absolute atomic E-state index is 0.0204. The molecular weight excluding hydrogens is 179 g/mol. The first-order valence-corrected chi connectivity index (χ1v) is 8.34. The summed E-state index contributed by atoms with van der Waals surface area (Å²) in [5.74, 6) is 0. The van der Waals surface area contributed by atoms with E-state index < -0.39 is 7.26 Å². The van der Waals surface area contributed by atoms with E-state index in [0.717, 1.165) is 6.42 Å². The zero-order chi connectivity index (χ0) is 9.90. The smallest absolute Gasteiger partial charge is 0.0952 e. The van der Waals surface area contributed by atoms with Gasteiger partial charge in [-0.3, -0.25) is 0 Å². The summed E-state index contributed by atoms with van der Waals surface area (Å²) in [7, 11) is -0.813. The van der Waals surface area contributed by atoms with Gasteiger partial charge in [0.2, 0.25) is 0 Å². The largest absolute Gasteiger partial charge is 0.389 e. The average molecular weight is 203 g/mol. The van der Waals surface area contributed by atoms with Crippen LogP contribution in [0, 0.1) is 0 Å². The molecule has 1 fully saturated rings. The number of aliphatic hydroxyl groups is 1. The van der Waals surface area contributed by atoms with Gasteiger partial charge in [0.15, 0.2) is 0 Å². The first kappa shape index (κ1) is 11.5. The van der Waals surface area contributed by atoms with Crippen molar-refractivity contribution < 1.29 is 5.11 Å². The van der Waals surface area contributed by atoms with Gasteiger partial charge >= 0.3 is 0 Å². The van der Waals surface area contributed by atoms with Crippen molar-refractivity contribution in [3.8, 4) is 0 Å². The van der Waals surface area contributed by atoms with E-state index in [9.17, 15) is 5.11 Å². The zero-order valence-electron chi connectivity index (χ0n) is 9.29. The van der Waals surface area contributed by atoms with Gasteiger partial charge in [0, 0.05) is 13.9 Å². The fourth-order valence-corrected chi connectivity index (χ4v) is 5.68. The van der Waals surface area contributed by atoms with Crippen LogP contribution in [0.4, 0.5) is 0 Å². The van der Waals surface area contributed by atoms with E-state index in [1.54, 1.807) is 0 Å². The third-order valence-corrected chi connectivity index (χ3v) is 9.03. The highest BCUT2D eigenvalue weighted by Gasteiger charge is 2.43. The van der Waals surface area contributed by atoms with Crippen LogP contribution in [0.25, 0.3) is 0 Å². The molecule has 0 aromatic rings. The summed E-state index contributed by atoms with van der Waals surface area (Å²) in [6.07, 6.45) is 7.57. The van der Waals surface area contributed by atoms with Crippen molar-refractivity contribution in [1.29, 1.82) is 0 Å². The Morgan fingerprint density at radius 2 is 1.69 bits per heavy atom. The average Bonchev–Trinajstić information content (AvgIpc) is 2.17. The van der Waals surface area contributed by atoms with Gasteiger partial charge in [-0.15, -0.1) is 0 Å². The molecule has 2 unspecified atom stereocenters. The van der Waals surface area contributed by atoms with Crippen molar-refractivity contribution in [2.24, 2.45) is 0 Å². The quantitative estimate of drug-likeness (QED) is 0.699. The molecule has 0 heterocycles. The Morgan fingerprint density at radius 1 is 1.15 bits per heavy atom. The molecule has 0 saturated heterocycles. The molecule has 1 nitrogen and oxygen atoms in total. The van der Waals surface area contributed by atoms with Crippen LogP contribution in [0.15, 0.2) is 0 Å². The Morgan fingerprint density at radius 3 is 2.15 bits per heavy atom. The highest BCUT2D eigenvalue weighted by molar-refractivity contribution is 7.75. The van der Waals surface area contributed by atoms with Crippen molar-refractivity contribution in [2.75, 3.05) is 19.0 Å². The molecule has 13 heavy (non-hydrogen) atoms. The lowest BCUT2D eigenvalue weighted by molar-refractivity contribution is 0.134. The minimum Gasteiger partial charge on any atom is -0.389 e. The lowest BCUT2D eigenvalue weighted by atomic mass is 9.97. The predicted molar refractivity (Wildman–Crippen MR) is 62.2 cm³/mol. The fourth-order valence-electron chi connectivity index (χ4n) is 2.51. The summed E-state index contributed by atoms with van der Waals surface area (Å²) in [5, 5.41) is 9.99. The van der Waals surface area contributed by atoms with E-state index in [-0.39, 0.29) is 6.10 Å². The van der Waals surface area contributed by atoms with E-state index in [2.05, 4.69) is 20.5 Å². The molecule has 78 valence electrons. The van der Waals surface area contributed by atoms with E-state index in [0.29, 0.717) is 5.66 Å². The zero-order valence-corrected chi connectivity index (χ0v) is 10.2. The minimum atomic E-state index is -0.813.